The molecule has 1 aromatic rings. The maximum Gasteiger partial charge on any atom is 0.141 e. The number of hydrogen-bond donors (Lipinski definition) is 2. The van der Waals surface area contributed by atoms with Crippen LogP contribution in [0.15, 0.2) is 16.6 Å². The van der Waals surface area contributed by atoms with Gasteiger partial charge in [0, 0.05) is 6.07 Å². The van der Waals surface area contributed by atoms with Crippen molar-refractivity contribution >= 4 is 15.9 Å². The summed E-state index contributed by atoms with van der Waals surface area (Å²) in [6, 6.07) is 2.74. The van der Waals surface area contributed by atoms with Crippen LogP contribution in [-0.4, -0.2) is 11.7 Å². The van der Waals surface area contributed by atoms with Crippen LogP contribution in [0.5, 0.6) is 5.75 Å². The van der Waals surface area contributed by atoms with Crippen molar-refractivity contribution < 1.29 is 9.50 Å². The number of rotatable bonds is 4. The Hall–Kier alpha value is -0.610. The van der Waals surface area contributed by atoms with Gasteiger partial charge < -0.3 is 10.8 Å². The summed E-state index contributed by atoms with van der Waals surface area (Å²) in [6.07, 6.45) is 2.54. The van der Waals surface area contributed by atoms with Crippen LogP contribution in [0.1, 0.15) is 18.4 Å². The highest BCUT2D eigenvalue weighted by atomic mass is 79.9. The van der Waals surface area contributed by atoms with Crippen molar-refractivity contribution in [1.82, 2.24) is 0 Å². The number of unbranched alkanes of at least 4 members (excludes halogenated alkanes) is 1. The van der Waals surface area contributed by atoms with Crippen molar-refractivity contribution in [2.24, 2.45) is 5.73 Å². The lowest BCUT2D eigenvalue weighted by molar-refractivity contribution is 0.460. The van der Waals surface area contributed by atoms with E-state index in [9.17, 15) is 9.50 Å². The molecule has 1 aromatic carbocycles. The number of benzene rings is 1. The molecule has 0 aliphatic carbocycles. The molecule has 0 aromatic heterocycles. The Bertz CT molecular complexity index is 317. The lowest BCUT2D eigenvalue weighted by atomic mass is 10.1. The van der Waals surface area contributed by atoms with Crippen molar-refractivity contribution in [1.29, 1.82) is 0 Å². The van der Waals surface area contributed by atoms with Gasteiger partial charge in [-0.25, -0.2) is 4.39 Å². The minimum Gasteiger partial charge on any atom is -0.508 e. The Morgan fingerprint density at radius 3 is 2.71 bits per heavy atom. The summed E-state index contributed by atoms with van der Waals surface area (Å²) in [5, 5.41) is 9.42. The summed E-state index contributed by atoms with van der Waals surface area (Å²) in [6.45, 7) is 0.642. The molecule has 4 heteroatoms. The third-order valence-corrected chi connectivity index (χ3v) is 2.63. The minimum atomic E-state index is -0.440. The molecule has 0 heterocycles. The van der Waals surface area contributed by atoms with Crippen LogP contribution >= 0.6 is 15.9 Å². The van der Waals surface area contributed by atoms with Crippen LogP contribution in [0.25, 0.3) is 0 Å². The summed E-state index contributed by atoms with van der Waals surface area (Å²) in [5.41, 5.74) is 6.11. The monoisotopic (exact) mass is 261 g/mol. The van der Waals surface area contributed by atoms with Gasteiger partial charge in [0.15, 0.2) is 0 Å². The maximum absolute atomic E-state index is 12.9. The first kappa shape index (κ1) is 11.5. The summed E-state index contributed by atoms with van der Waals surface area (Å²) in [7, 11) is 0. The summed E-state index contributed by atoms with van der Waals surface area (Å²) < 4.78 is 13.3. The normalized spacial score (nSPS) is 10.5. The largest absolute Gasteiger partial charge is 0.508 e. The highest BCUT2D eigenvalue weighted by Crippen LogP contribution is 2.26. The summed E-state index contributed by atoms with van der Waals surface area (Å²) >= 11 is 3.08. The molecule has 3 N–H and O–H groups in total. The topological polar surface area (TPSA) is 46.2 Å². The number of aromatic hydroxyl groups is 1. The van der Waals surface area contributed by atoms with Crippen molar-refractivity contribution in [2.45, 2.75) is 19.3 Å². The fourth-order valence-electron chi connectivity index (χ4n) is 1.24. The molecule has 0 saturated carbocycles. The molecule has 0 unspecified atom stereocenters. The van der Waals surface area contributed by atoms with Gasteiger partial charge >= 0.3 is 0 Å². The quantitative estimate of drug-likeness (QED) is 0.819. The molecule has 2 nitrogen and oxygen atoms in total. The molecular formula is C10H13BrFNO. The molecule has 0 amide bonds. The Labute approximate surface area is 91.1 Å². The van der Waals surface area contributed by atoms with Gasteiger partial charge in [0.05, 0.1) is 4.47 Å². The second-order valence-corrected chi connectivity index (χ2v) is 4.00. The van der Waals surface area contributed by atoms with E-state index in [1.165, 1.54) is 0 Å². The first-order valence-electron chi connectivity index (χ1n) is 4.52. The van der Waals surface area contributed by atoms with Gasteiger partial charge in [0.2, 0.25) is 0 Å². The number of phenolic OH excluding ortho intramolecular Hbond substituents is 1. The van der Waals surface area contributed by atoms with Gasteiger partial charge in [-0.05, 0) is 53.4 Å². The van der Waals surface area contributed by atoms with E-state index < -0.39 is 5.82 Å². The average molecular weight is 262 g/mol. The van der Waals surface area contributed by atoms with Gasteiger partial charge in [0.1, 0.15) is 11.6 Å². The Kier molecular flexibility index (Phi) is 4.35. The van der Waals surface area contributed by atoms with Crippen LogP contribution in [0.4, 0.5) is 4.39 Å². The predicted octanol–water partition coefficient (Wildman–Crippen LogP) is 2.58. The van der Waals surface area contributed by atoms with E-state index in [4.69, 9.17) is 5.73 Å². The molecule has 14 heavy (non-hydrogen) atoms. The van der Waals surface area contributed by atoms with E-state index in [1.807, 2.05) is 0 Å². The number of halogens is 2. The van der Waals surface area contributed by atoms with Crippen LogP contribution in [0.2, 0.25) is 0 Å². The lowest BCUT2D eigenvalue weighted by Crippen LogP contribution is -1.99. The third-order valence-electron chi connectivity index (χ3n) is 2.02. The SMILES string of the molecule is NCCCCc1cc(Br)c(F)cc1O. The molecule has 0 spiro atoms. The van der Waals surface area contributed by atoms with Crippen molar-refractivity contribution in [3.05, 3.63) is 28.0 Å². The van der Waals surface area contributed by atoms with E-state index in [1.54, 1.807) is 6.07 Å². The van der Waals surface area contributed by atoms with Crippen molar-refractivity contribution in [3.8, 4) is 5.75 Å². The molecule has 78 valence electrons. The highest BCUT2D eigenvalue weighted by Gasteiger charge is 2.06. The minimum absolute atomic E-state index is 0.0164. The van der Waals surface area contributed by atoms with Crippen LogP contribution in [0, 0.1) is 5.82 Å². The zero-order chi connectivity index (χ0) is 10.6. The molecule has 0 aliphatic heterocycles. The second-order valence-electron chi connectivity index (χ2n) is 3.14. The predicted molar refractivity (Wildman–Crippen MR) is 57.8 cm³/mol. The molecule has 0 fully saturated rings. The number of aryl methyl sites for hydroxylation is 1. The van der Waals surface area contributed by atoms with Crippen LogP contribution in [0.3, 0.4) is 0 Å². The zero-order valence-electron chi connectivity index (χ0n) is 7.76. The molecular weight excluding hydrogens is 249 g/mol. The summed E-state index contributed by atoms with van der Waals surface area (Å²) in [5.74, 6) is -0.423. The highest BCUT2D eigenvalue weighted by molar-refractivity contribution is 9.10. The zero-order valence-corrected chi connectivity index (χ0v) is 9.35. The number of nitrogens with two attached hydrogens (primary N) is 1. The van der Waals surface area contributed by atoms with E-state index in [2.05, 4.69) is 15.9 Å². The smallest absolute Gasteiger partial charge is 0.141 e. The van der Waals surface area contributed by atoms with Crippen LogP contribution < -0.4 is 5.73 Å². The van der Waals surface area contributed by atoms with Crippen molar-refractivity contribution in [2.75, 3.05) is 6.54 Å². The molecule has 0 aliphatic rings. The van der Waals surface area contributed by atoms with Crippen molar-refractivity contribution in [3.63, 3.8) is 0 Å². The fraction of sp³-hybridized carbons (Fsp3) is 0.400. The Balaban J connectivity index is 2.72. The molecule has 0 atom stereocenters. The maximum atomic E-state index is 12.9. The molecule has 0 radical (unpaired) electrons. The Morgan fingerprint density at radius 1 is 1.36 bits per heavy atom. The fourth-order valence-corrected chi connectivity index (χ4v) is 1.63. The average Bonchev–Trinajstić information content (AvgIpc) is 2.14. The van der Waals surface area contributed by atoms with E-state index in [0.29, 0.717) is 11.0 Å². The standard InChI is InChI=1S/C10H13BrFNO/c11-8-5-7(3-1-2-4-13)10(14)6-9(8)12/h5-6,14H,1-4,13H2. The van der Waals surface area contributed by atoms with Gasteiger partial charge in [-0.3, -0.25) is 0 Å². The van der Waals surface area contributed by atoms with Crippen LogP contribution in [-0.2, 0) is 6.42 Å². The molecule has 1 rings (SSSR count). The Morgan fingerprint density at radius 2 is 2.07 bits per heavy atom. The third kappa shape index (κ3) is 2.96. The van der Waals surface area contributed by atoms with Gasteiger partial charge in [-0.1, -0.05) is 0 Å². The van der Waals surface area contributed by atoms with Gasteiger partial charge in [-0.15, -0.1) is 0 Å². The van der Waals surface area contributed by atoms with Gasteiger partial charge in [0.25, 0.3) is 0 Å². The second kappa shape index (κ2) is 5.32. The van der Waals surface area contributed by atoms with E-state index in [-0.39, 0.29) is 5.75 Å². The molecule has 0 bridgehead atoms. The first-order valence-corrected chi connectivity index (χ1v) is 5.31. The van der Waals surface area contributed by atoms with E-state index >= 15 is 0 Å². The molecule has 0 saturated heterocycles. The number of phenols is 1. The lowest BCUT2D eigenvalue weighted by Gasteiger charge is -2.05. The summed E-state index contributed by atoms with van der Waals surface area (Å²) in [4.78, 5) is 0. The first-order chi connectivity index (χ1) is 6.65. The van der Waals surface area contributed by atoms with E-state index in [0.717, 1.165) is 30.9 Å². The number of hydrogen-bond acceptors (Lipinski definition) is 2. The van der Waals surface area contributed by atoms with Gasteiger partial charge in [-0.2, -0.15) is 0 Å².